The van der Waals surface area contributed by atoms with Crippen LogP contribution in [0.4, 0.5) is 5.69 Å². The molecule has 0 aromatic heterocycles. The minimum absolute atomic E-state index is 0.114. The molecule has 0 spiro atoms. The highest BCUT2D eigenvalue weighted by Gasteiger charge is 2.31. The Morgan fingerprint density at radius 3 is 1.74 bits per heavy atom. The summed E-state index contributed by atoms with van der Waals surface area (Å²) in [6, 6.07) is 28.3. The monoisotopic (exact) mass is 600 g/mol. The van der Waals surface area contributed by atoms with Gasteiger partial charge >= 0.3 is 5.97 Å². The highest BCUT2D eigenvalue weighted by Crippen LogP contribution is 2.41. The number of sulfonamides is 1. The molecule has 4 aromatic rings. The number of hydrogen-bond acceptors (Lipinski definition) is 5. The lowest BCUT2D eigenvalue weighted by Crippen LogP contribution is -2.32. The number of anilines is 1. The van der Waals surface area contributed by atoms with Crippen LogP contribution in [0.15, 0.2) is 95.9 Å². The summed E-state index contributed by atoms with van der Waals surface area (Å²) in [5, 5.41) is 10.1. The van der Waals surface area contributed by atoms with E-state index in [2.05, 4.69) is 48.5 Å². The SMILES string of the molecule is CCN(CC)S(=O)(=O)c1cc(C(=O)O)cc(N(CCc2ccc(C)cc2)CCc2ccc(C)cc2)c1Oc1ccccc1. The summed E-state index contributed by atoms with van der Waals surface area (Å²) >= 11 is 0. The van der Waals surface area contributed by atoms with Crippen molar-refractivity contribution in [2.45, 2.75) is 45.4 Å². The maximum Gasteiger partial charge on any atom is 0.335 e. The van der Waals surface area contributed by atoms with E-state index in [4.69, 9.17) is 4.74 Å². The van der Waals surface area contributed by atoms with Gasteiger partial charge in [0.2, 0.25) is 10.0 Å². The first-order chi connectivity index (χ1) is 20.6. The number of rotatable bonds is 14. The molecule has 0 saturated carbocycles. The fourth-order valence-corrected chi connectivity index (χ4v) is 6.55. The highest BCUT2D eigenvalue weighted by atomic mass is 32.2. The lowest BCUT2D eigenvalue weighted by atomic mass is 10.1. The zero-order valence-electron chi connectivity index (χ0n) is 25.3. The highest BCUT2D eigenvalue weighted by molar-refractivity contribution is 7.89. The minimum atomic E-state index is -4.09. The molecule has 0 bridgehead atoms. The first-order valence-corrected chi connectivity index (χ1v) is 16.1. The molecular formula is C35H40N2O5S. The maximum atomic E-state index is 14.0. The van der Waals surface area contributed by atoms with Crippen molar-refractivity contribution in [2.24, 2.45) is 0 Å². The summed E-state index contributed by atoms with van der Waals surface area (Å²) < 4.78 is 35.7. The van der Waals surface area contributed by atoms with Crippen LogP contribution in [-0.2, 0) is 22.9 Å². The minimum Gasteiger partial charge on any atom is -0.478 e. The number of carboxylic acid groups (broad SMARTS) is 1. The van der Waals surface area contributed by atoms with E-state index < -0.39 is 16.0 Å². The fraction of sp³-hybridized carbons (Fsp3) is 0.286. The van der Waals surface area contributed by atoms with Crippen molar-refractivity contribution in [1.29, 1.82) is 0 Å². The van der Waals surface area contributed by atoms with Crippen LogP contribution in [0, 0.1) is 13.8 Å². The molecule has 4 aromatic carbocycles. The van der Waals surface area contributed by atoms with Crippen LogP contribution >= 0.6 is 0 Å². The van der Waals surface area contributed by atoms with Gasteiger partial charge in [0.1, 0.15) is 10.6 Å². The molecule has 0 saturated heterocycles. The van der Waals surface area contributed by atoms with Crippen LogP contribution in [-0.4, -0.2) is 50.0 Å². The van der Waals surface area contributed by atoms with E-state index in [9.17, 15) is 18.3 Å². The van der Waals surface area contributed by atoms with Gasteiger partial charge in [-0.2, -0.15) is 4.31 Å². The first-order valence-electron chi connectivity index (χ1n) is 14.6. The summed E-state index contributed by atoms with van der Waals surface area (Å²) in [6.07, 6.45) is 1.35. The molecule has 0 aliphatic carbocycles. The predicted octanol–water partition coefficient (Wildman–Crippen LogP) is 7.12. The van der Waals surface area contributed by atoms with Crippen LogP contribution in [0.25, 0.3) is 0 Å². The van der Waals surface area contributed by atoms with E-state index in [0.29, 0.717) is 37.4 Å². The molecule has 0 heterocycles. The number of nitrogens with zero attached hydrogens (tertiary/aromatic N) is 2. The van der Waals surface area contributed by atoms with E-state index >= 15 is 0 Å². The lowest BCUT2D eigenvalue weighted by Gasteiger charge is -2.30. The summed E-state index contributed by atoms with van der Waals surface area (Å²) in [6.45, 7) is 9.12. The van der Waals surface area contributed by atoms with Crippen molar-refractivity contribution in [3.8, 4) is 11.5 Å². The lowest BCUT2D eigenvalue weighted by molar-refractivity contribution is 0.0696. The Kier molecular flexibility index (Phi) is 10.6. The van der Waals surface area contributed by atoms with Gasteiger partial charge in [-0.05, 0) is 62.1 Å². The normalized spacial score (nSPS) is 11.5. The van der Waals surface area contributed by atoms with Crippen molar-refractivity contribution in [1.82, 2.24) is 4.31 Å². The molecule has 1 N–H and O–H groups in total. The van der Waals surface area contributed by atoms with Crippen molar-refractivity contribution >= 4 is 21.7 Å². The van der Waals surface area contributed by atoms with Crippen LogP contribution in [0.1, 0.15) is 46.5 Å². The molecule has 0 aliphatic heterocycles. The second-order valence-corrected chi connectivity index (χ2v) is 12.5. The third-order valence-electron chi connectivity index (χ3n) is 7.49. The van der Waals surface area contributed by atoms with Gasteiger partial charge in [-0.15, -0.1) is 0 Å². The summed E-state index contributed by atoms with van der Waals surface area (Å²) in [5.74, 6) is -0.628. The zero-order chi connectivity index (χ0) is 31.0. The van der Waals surface area contributed by atoms with Gasteiger partial charge < -0.3 is 14.7 Å². The molecule has 7 nitrogen and oxygen atoms in total. The smallest absolute Gasteiger partial charge is 0.335 e. The molecule has 226 valence electrons. The number of carbonyl (C=O) groups is 1. The third-order valence-corrected chi connectivity index (χ3v) is 9.55. The molecule has 0 radical (unpaired) electrons. The summed E-state index contributed by atoms with van der Waals surface area (Å²) in [5.41, 5.74) is 4.90. The van der Waals surface area contributed by atoms with Crippen LogP contribution in [0.3, 0.4) is 0 Å². The average molecular weight is 601 g/mol. The zero-order valence-corrected chi connectivity index (χ0v) is 26.1. The van der Waals surface area contributed by atoms with E-state index in [-0.39, 0.29) is 29.3 Å². The van der Waals surface area contributed by atoms with Crippen LogP contribution < -0.4 is 9.64 Å². The number of aryl methyl sites for hydroxylation is 2. The average Bonchev–Trinajstić information content (AvgIpc) is 3.00. The van der Waals surface area contributed by atoms with Crippen molar-refractivity contribution in [3.63, 3.8) is 0 Å². The molecule has 0 unspecified atom stereocenters. The predicted molar refractivity (Wildman–Crippen MR) is 172 cm³/mol. The van der Waals surface area contributed by atoms with Gasteiger partial charge in [0.05, 0.1) is 11.3 Å². The number of ether oxygens (including phenoxy) is 1. The van der Waals surface area contributed by atoms with Gasteiger partial charge in [-0.1, -0.05) is 91.7 Å². The number of benzene rings is 4. The Morgan fingerprint density at radius 2 is 1.28 bits per heavy atom. The number of aromatic carboxylic acids is 1. The van der Waals surface area contributed by atoms with Crippen molar-refractivity contribution < 1.29 is 23.1 Å². The quantitative estimate of drug-likeness (QED) is 0.166. The third kappa shape index (κ3) is 8.03. The Hall–Kier alpha value is -4.14. The van der Waals surface area contributed by atoms with E-state index in [0.717, 1.165) is 11.1 Å². The number of para-hydroxylation sites is 1. The molecule has 0 amide bonds. The van der Waals surface area contributed by atoms with Crippen LogP contribution in [0.5, 0.6) is 11.5 Å². The largest absolute Gasteiger partial charge is 0.478 e. The van der Waals surface area contributed by atoms with Crippen molar-refractivity contribution in [2.75, 3.05) is 31.1 Å². The molecule has 8 heteroatoms. The standard InChI is InChI=1S/C35H40N2O5S/c1-5-37(6-2)43(40,41)33-25-30(35(38)39)24-32(34(33)42-31-10-8-7-9-11-31)36(22-20-28-16-12-26(3)13-17-28)23-21-29-18-14-27(4)15-19-29/h7-19,24-25H,5-6,20-23H2,1-4H3,(H,38,39). The van der Waals surface area contributed by atoms with Gasteiger partial charge in [0.25, 0.3) is 0 Å². The Labute approximate surface area is 255 Å². The topological polar surface area (TPSA) is 87.2 Å². The molecule has 4 rings (SSSR count). The Balaban J connectivity index is 1.89. The summed E-state index contributed by atoms with van der Waals surface area (Å²) in [4.78, 5) is 14.3. The number of carboxylic acids is 1. The Morgan fingerprint density at radius 1 is 0.767 bits per heavy atom. The Bertz CT molecular complexity index is 1570. The molecular weight excluding hydrogens is 560 g/mol. The van der Waals surface area contributed by atoms with E-state index in [1.807, 2.05) is 36.9 Å². The van der Waals surface area contributed by atoms with Gasteiger partial charge in [-0.3, -0.25) is 0 Å². The number of hydrogen-bond donors (Lipinski definition) is 1. The fourth-order valence-electron chi connectivity index (χ4n) is 4.94. The van der Waals surface area contributed by atoms with Crippen molar-refractivity contribution in [3.05, 3.63) is 119 Å². The summed E-state index contributed by atoms with van der Waals surface area (Å²) in [7, 11) is -4.09. The van der Waals surface area contributed by atoms with E-state index in [1.165, 1.54) is 27.6 Å². The molecule has 0 fully saturated rings. The first kappa shape index (κ1) is 31.8. The molecule has 0 aliphatic rings. The van der Waals surface area contributed by atoms with Crippen LogP contribution in [0.2, 0.25) is 0 Å². The van der Waals surface area contributed by atoms with Gasteiger partial charge in [-0.25, -0.2) is 13.2 Å². The van der Waals surface area contributed by atoms with Gasteiger partial charge in [0, 0.05) is 26.2 Å². The molecule has 43 heavy (non-hydrogen) atoms. The van der Waals surface area contributed by atoms with E-state index in [1.54, 1.807) is 26.0 Å². The maximum absolute atomic E-state index is 14.0. The van der Waals surface area contributed by atoms with Gasteiger partial charge in [0.15, 0.2) is 5.75 Å². The second-order valence-electron chi connectivity index (χ2n) is 10.6. The molecule has 0 atom stereocenters. The second kappa shape index (κ2) is 14.4.